The first-order valence-electron chi connectivity index (χ1n) is 32.3. The van der Waals surface area contributed by atoms with Gasteiger partial charge in [-0.15, -0.1) is 0 Å². The highest BCUT2D eigenvalue weighted by Gasteiger charge is 2.63. The van der Waals surface area contributed by atoms with Crippen LogP contribution in [0, 0.1) is 0 Å². The van der Waals surface area contributed by atoms with E-state index in [-0.39, 0.29) is 11.1 Å². The number of hydrazone groups is 2. The van der Waals surface area contributed by atoms with E-state index < -0.39 is 263 Å². The van der Waals surface area contributed by atoms with Gasteiger partial charge in [-0.3, -0.25) is 46.9 Å². The van der Waals surface area contributed by atoms with Gasteiger partial charge in [0.25, 0.3) is 11.8 Å². The minimum atomic E-state index is -4.67. The topological polar surface area (TPSA) is 971 Å². The molecule has 4 aliphatic heterocycles. The number of nitrogens with zero attached hydrogens (tertiary/aromatic N) is 8. The summed E-state index contributed by atoms with van der Waals surface area (Å²) in [5, 5.41) is 165. The highest BCUT2D eigenvalue weighted by Crippen LogP contribution is 2.41. The van der Waals surface area contributed by atoms with E-state index in [4.69, 9.17) is 136 Å². The number of amides is 2. The predicted molar refractivity (Wildman–Crippen MR) is 377 cm³/mol. The number of rotatable bonds is 22. The third kappa shape index (κ3) is 27.8. The van der Waals surface area contributed by atoms with Crippen molar-refractivity contribution in [2.24, 2.45) is 76.0 Å². The van der Waals surface area contributed by atoms with Crippen molar-refractivity contribution in [3.63, 3.8) is 0 Å². The monoisotopic (exact) mass is 1690 g/mol. The van der Waals surface area contributed by atoms with Gasteiger partial charge < -0.3 is 166 Å². The largest absolute Gasteiger partial charge is 0.394 e. The second-order valence-electron chi connectivity index (χ2n) is 24.8. The Morgan fingerprint density at radius 3 is 0.973 bits per heavy atom. The third-order valence-electron chi connectivity index (χ3n) is 17.1. The summed E-state index contributed by atoms with van der Waals surface area (Å²) in [6.07, 6.45) is -28.0. The van der Waals surface area contributed by atoms with Gasteiger partial charge in [0.15, 0.2) is 60.2 Å². The van der Waals surface area contributed by atoms with E-state index in [1.165, 1.54) is 77.0 Å². The maximum atomic E-state index is 12.6. The average molecular weight is 1700 g/mol. The van der Waals surface area contributed by atoms with Gasteiger partial charge in [0.2, 0.25) is 0 Å². The van der Waals surface area contributed by atoms with E-state index in [0.717, 1.165) is 12.4 Å². The van der Waals surface area contributed by atoms with Crippen LogP contribution >= 0.6 is 0 Å². The number of aliphatic hydroxyl groups is 14. The van der Waals surface area contributed by atoms with Crippen LogP contribution in [0.5, 0.6) is 0 Å². The molecule has 2 amide bonds. The SMILES string of the molecule is CN[C@H]1C(O[C@H]2[C@H](O[C@@H]3[C@@H](O)[C@H](O)[C@@H](N=C(N)N)[C@H](O)[C@H]3N=C(N)N)O[C@@H](C)[C@]2(O)/C=N/NC(=O)c2ccncc2)O[C@H](CO)[C@@H](O)[C@@H]1O.CN[C@H]1C(O[C@H]2[C@H](O[C@@H]3[C@@H](O)[C@H](O)[C@@H](N=C(N)N)[C@H](O)[C@H]3N=C(N)N)O[C@@H](C)[C@]2(O)/C=N/NC(=O)c2ccncc2)O[C@H](CO)[C@@H](O)[C@@H]1O.O=S(=O)(O)O.O=S(=O)(O)O.O=S(=O)(O)O. The summed E-state index contributed by atoms with van der Waals surface area (Å²) >= 11 is 0. The van der Waals surface area contributed by atoms with Gasteiger partial charge in [-0.25, -0.2) is 30.8 Å². The third-order valence-corrected chi connectivity index (χ3v) is 17.1. The van der Waals surface area contributed by atoms with Crippen molar-refractivity contribution in [1.82, 2.24) is 31.5 Å². The molecule has 0 bridgehead atoms. The molecule has 4 saturated heterocycles. The maximum absolute atomic E-state index is 12.6. The lowest BCUT2D eigenvalue weighted by Gasteiger charge is -2.45. The molecule has 2 aromatic heterocycles. The fraction of sp³-hybridized carbons (Fsp3) is 0.667. The standard InChI is InChI=1S/2C27H44N10O12.3H2O4S/c2*1-9-27(45,8-34-37-22(44)10-3-5-33-6-4-10)21(49-23-14(32-2)18(42)15(39)11(7-38)47-23)24(46-9)48-20-13(36-26(30)31)16(40)12(35-25(28)29)17(41)19(20)43;3*1-5(2,3)4/h2*3-6,8-9,11-21,23-24,32,38-43,45H,7H2,1-2H3,(H,37,44)(H4,28,29,35)(H4,30,31,36);3*(H2,1,2,3,4)/b2*34-8+;;;/t2*9-,11+,12-,13+,14+,15+,16-,17+,18+,19-,20-,21-,23?,24-,27+;;;/m00.../s1. The van der Waals surface area contributed by atoms with Crippen molar-refractivity contribution < 1.29 is 172 Å². The molecule has 40 N–H and O–H groups in total. The van der Waals surface area contributed by atoms with Crippen LogP contribution in [-0.2, 0) is 69.1 Å². The van der Waals surface area contributed by atoms with E-state index in [0.29, 0.717) is 0 Å². The van der Waals surface area contributed by atoms with Crippen LogP contribution in [0.3, 0.4) is 0 Å². The van der Waals surface area contributed by atoms with E-state index in [2.05, 4.69) is 61.6 Å². The van der Waals surface area contributed by atoms with Crippen molar-refractivity contribution in [1.29, 1.82) is 0 Å². The number of nitrogens with one attached hydrogen (secondary N) is 4. The van der Waals surface area contributed by atoms with Gasteiger partial charge >= 0.3 is 31.2 Å². The lowest BCUT2D eigenvalue weighted by atomic mass is 9.81. The summed E-state index contributed by atoms with van der Waals surface area (Å²) in [7, 11) is -11.1. The number of guanidine groups is 4. The van der Waals surface area contributed by atoms with Crippen molar-refractivity contribution in [2.45, 2.75) is 196 Å². The van der Waals surface area contributed by atoms with E-state index in [1.54, 1.807) is 0 Å². The summed E-state index contributed by atoms with van der Waals surface area (Å²) < 4.78 is 142. The summed E-state index contributed by atoms with van der Waals surface area (Å²) in [4.78, 5) is 48.4. The smallest absolute Gasteiger partial charge is 0.394 e. The van der Waals surface area contributed by atoms with Gasteiger partial charge in [-0.1, -0.05) is 0 Å². The summed E-state index contributed by atoms with van der Waals surface area (Å²) in [5.74, 6) is -3.42. The number of carbonyl (C=O) groups excluding carboxylic acids is 2. The Hall–Kier alpha value is -7.69. The molecule has 0 aromatic carbocycles. The van der Waals surface area contributed by atoms with Gasteiger partial charge in [0.05, 0.1) is 49.9 Å². The number of pyridine rings is 2. The first-order valence-corrected chi connectivity index (χ1v) is 36.5. The van der Waals surface area contributed by atoms with Crippen LogP contribution in [0.1, 0.15) is 34.6 Å². The number of hydrogen-bond donors (Lipinski definition) is 32. The molecule has 113 heavy (non-hydrogen) atoms. The minimum Gasteiger partial charge on any atom is -0.394 e. The normalized spacial score (nSPS) is 37.0. The Labute approximate surface area is 639 Å². The number of aliphatic hydroxyl groups excluding tert-OH is 12. The Balaban J connectivity index is 0.000000403. The molecule has 59 heteroatoms. The maximum Gasteiger partial charge on any atom is 0.394 e. The van der Waals surface area contributed by atoms with Gasteiger partial charge in [-0.05, 0) is 52.2 Å². The lowest BCUT2D eigenvalue weighted by Crippen LogP contribution is -2.66. The molecule has 30 atom stereocenters. The predicted octanol–water partition coefficient (Wildman–Crippen LogP) is -17.1. The zero-order valence-corrected chi connectivity index (χ0v) is 61.7. The molecule has 644 valence electrons. The molecular formula is C54H94N20O36S3. The Morgan fingerprint density at radius 1 is 0.442 bits per heavy atom. The number of hydrogen-bond acceptors (Lipinski definition) is 40. The lowest BCUT2D eigenvalue weighted by molar-refractivity contribution is -0.313. The molecule has 6 aliphatic rings. The first-order chi connectivity index (χ1) is 52.3. The summed E-state index contributed by atoms with van der Waals surface area (Å²) in [6.45, 7) is 1.35. The average Bonchev–Trinajstić information content (AvgIpc) is 1.17. The fourth-order valence-corrected chi connectivity index (χ4v) is 11.7. The van der Waals surface area contributed by atoms with Gasteiger partial charge in [0.1, 0.15) is 122 Å². The Bertz CT molecular complexity index is 3610. The van der Waals surface area contributed by atoms with Gasteiger partial charge in [0, 0.05) is 35.9 Å². The molecular weight excluding hydrogens is 1600 g/mol. The molecule has 2 aliphatic carbocycles. The van der Waals surface area contributed by atoms with Crippen LogP contribution in [0.2, 0.25) is 0 Å². The summed E-state index contributed by atoms with van der Waals surface area (Å²) in [6, 6.07) is -2.63. The van der Waals surface area contributed by atoms with Crippen LogP contribution < -0.4 is 67.4 Å². The Morgan fingerprint density at radius 2 is 0.717 bits per heavy atom. The minimum absolute atomic E-state index is 0.201. The first kappa shape index (κ1) is 97.7. The van der Waals surface area contributed by atoms with Crippen molar-refractivity contribution >= 4 is 79.3 Å². The van der Waals surface area contributed by atoms with Gasteiger partial charge in [-0.2, -0.15) is 35.5 Å². The van der Waals surface area contributed by atoms with Crippen molar-refractivity contribution in [3.8, 4) is 0 Å². The number of nitrogens with two attached hydrogens (primary N) is 8. The zero-order valence-electron chi connectivity index (χ0n) is 59.3. The van der Waals surface area contributed by atoms with Crippen LogP contribution in [-0.4, -0.2) is 392 Å². The molecule has 2 saturated carbocycles. The highest BCUT2D eigenvalue weighted by molar-refractivity contribution is 7.80. The molecule has 2 unspecified atom stereocenters. The van der Waals surface area contributed by atoms with Crippen LogP contribution in [0.25, 0.3) is 0 Å². The fourth-order valence-electron chi connectivity index (χ4n) is 11.7. The number of ether oxygens (including phenoxy) is 8. The number of carbonyl (C=O) groups is 2. The second kappa shape index (κ2) is 42.3. The van der Waals surface area contributed by atoms with Crippen LogP contribution in [0.15, 0.2) is 79.2 Å². The van der Waals surface area contributed by atoms with E-state index >= 15 is 0 Å². The summed E-state index contributed by atoms with van der Waals surface area (Å²) in [5.41, 5.74) is 44.5. The number of aliphatic imine (C=N–C) groups is 4. The molecule has 6 heterocycles. The quantitative estimate of drug-likeness (QED) is 0.0225. The van der Waals surface area contributed by atoms with Crippen molar-refractivity contribution in [3.05, 3.63) is 60.2 Å². The van der Waals surface area contributed by atoms with E-state index in [1.807, 2.05) is 0 Å². The molecule has 2 aromatic rings. The molecule has 56 nitrogen and oxygen atoms in total. The molecule has 8 rings (SSSR count). The van der Waals surface area contributed by atoms with Crippen LogP contribution in [0.4, 0.5) is 0 Å². The number of aromatic nitrogens is 2. The number of likely N-dealkylation sites (N-methyl/N-ethyl adjacent to an activating group) is 2. The van der Waals surface area contributed by atoms with Crippen molar-refractivity contribution in [2.75, 3.05) is 27.3 Å². The zero-order chi connectivity index (χ0) is 85.9. The highest BCUT2D eigenvalue weighted by atomic mass is 32.3. The molecule has 6 fully saturated rings. The van der Waals surface area contributed by atoms with E-state index in [9.17, 15) is 81.1 Å². The Kier molecular flexibility index (Phi) is 36.5. The molecule has 0 radical (unpaired) electrons. The second-order valence-corrected chi connectivity index (χ2v) is 27.4. The molecule has 0 spiro atoms.